The number of benzene rings is 1. The number of nitrogens with zero attached hydrogens (tertiary/aromatic N) is 1. The van der Waals surface area contributed by atoms with Gasteiger partial charge in [0.2, 0.25) is 10.0 Å². The summed E-state index contributed by atoms with van der Waals surface area (Å²) < 4.78 is 37.7. The Morgan fingerprint density at radius 1 is 1.31 bits per heavy atom. The molecule has 0 saturated carbocycles. The minimum atomic E-state index is -3.82. The third kappa shape index (κ3) is 4.34. The van der Waals surface area contributed by atoms with E-state index in [1.165, 1.54) is 36.7 Å². The van der Waals surface area contributed by atoms with Crippen LogP contribution in [-0.4, -0.2) is 58.0 Å². The van der Waals surface area contributed by atoms with E-state index >= 15 is 0 Å². The second kappa shape index (κ2) is 8.50. The number of likely N-dealkylation sites (N-methyl/N-ethyl adjacent to an activating group) is 1. The number of sulfonamides is 1. The average molecular weight is 384 g/mol. The lowest BCUT2D eigenvalue weighted by Gasteiger charge is -2.32. The Labute approximate surface area is 153 Å². The number of hydrogen-bond donors (Lipinski definition) is 1. The number of carbonyl (C=O) groups is 2. The van der Waals surface area contributed by atoms with Crippen molar-refractivity contribution in [1.82, 2.24) is 9.62 Å². The molecule has 1 saturated heterocycles. The number of amides is 1. The van der Waals surface area contributed by atoms with Gasteiger partial charge in [-0.15, -0.1) is 0 Å². The van der Waals surface area contributed by atoms with Crippen LogP contribution in [0.3, 0.4) is 0 Å². The minimum absolute atomic E-state index is 0.0398. The van der Waals surface area contributed by atoms with Crippen molar-refractivity contribution in [2.75, 3.05) is 27.3 Å². The summed E-state index contributed by atoms with van der Waals surface area (Å²) in [6.45, 7) is 1.86. The zero-order chi connectivity index (χ0) is 19.3. The highest BCUT2D eigenvalue weighted by Gasteiger charge is 2.33. The van der Waals surface area contributed by atoms with Crippen LogP contribution in [-0.2, 0) is 19.6 Å². The van der Waals surface area contributed by atoms with Crippen LogP contribution < -0.4 is 10.1 Å². The summed E-state index contributed by atoms with van der Waals surface area (Å²) in [6, 6.07) is 3.94. The van der Waals surface area contributed by atoms with Crippen molar-refractivity contribution in [1.29, 1.82) is 0 Å². The Bertz CT molecular complexity index is 777. The first-order valence-corrected chi connectivity index (χ1v) is 9.83. The Morgan fingerprint density at radius 3 is 2.65 bits per heavy atom. The van der Waals surface area contributed by atoms with Gasteiger partial charge in [-0.3, -0.25) is 4.79 Å². The fraction of sp³-hybridized carbons (Fsp3) is 0.529. The Hall–Kier alpha value is -2.13. The number of nitrogens with one attached hydrogen (secondary N) is 1. The molecule has 2 rings (SSSR count). The van der Waals surface area contributed by atoms with Crippen molar-refractivity contribution in [3.05, 3.63) is 23.8 Å². The number of rotatable bonds is 6. The summed E-state index contributed by atoms with van der Waals surface area (Å²) in [7, 11) is -1.03. The van der Waals surface area contributed by atoms with Crippen molar-refractivity contribution in [2.24, 2.45) is 0 Å². The highest BCUT2D eigenvalue weighted by Crippen LogP contribution is 2.31. The van der Waals surface area contributed by atoms with E-state index in [2.05, 4.69) is 5.32 Å². The average Bonchev–Trinajstić information content (AvgIpc) is 2.65. The molecule has 1 unspecified atom stereocenters. The fourth-order valence-electron chi connectivity index (χ4n) is 2.85. The molecule has 0 aliphatic carbocycles. The highest BCUT2D eigenvalue weighted by molar-refractivity contribution is 7.89. The summed E-state index contributed by atoms with van der Waals surface area (Å²) >= 11 is 0. The lowest BCUT2D eigenvalue weighted by molar-refractivity contribution is -0.123. The number of esters is 1. The zero-order valence-corrected chi connectivity index (χ0v) is 16.0. The molecule has 1 atom stereocenters. The SMILES string of the molecule is CNC(=O)COC(=O)c1ccc(OC)c(S(=O)(=O)N2CCCCC2C)c1. The molecule has 8 nitrogen and oxygen atoms in total. The first-order chi connectivity index (χ1) is 12.3. The lowest BCUT2D eigenvalue weighted by Crippen LogP contribution is -2.42. The summed E-state index contributed by atoms with van der Waals surface area (Å²) in [5.41, 5.74) is 0.0398. The smallest absolute Gasteiger partial charge is 0.338 e. The second-order valence-electron chi connectivity index (χ2n) is 6.08. The van der Waals surface area contributed by atoms with Crippen molar-refractivity contribution in [3.8, 4) is 5.75 Å². The predicted octanol–water partition coefficient (Wildman–Crippen LogP) is 1.16. The number of hydrogen-bond acceptors (Lipinski definition) is 6. The largest absolute Gasteiger partial charge is 0.495 e. The topological polar surface area (TPSA) is 102 Å². The molecule has 0 spiro atoms. The molecule has 26 heavy (non-hydrogen) atoms. The van der Waals surface area contributed by atoms with E-state index in [4.69, 9.17) is 9.47 Å². The van der Waals surface area contributed by atoms with Crippen LogP contribution in [0.5, 0.6) is 5.75 Å². The van der Waals surface area contributed by atoms with E-state index in [9.17, 15) is 18.0 Å². The quantitative estimate of drug-likeness (QED) is 0.739. The molecule has 0 bridgehead atoms. The summed E-state index contributed by atoms with van der Waals surface area (Å²) in [6.07, 6.45) is 2.56. The first kappa shape index (κ1) is 20.2. The summed E-state index contributed by atoms with van der Waals surface area (Å²) in [5, 5.41) is 2.33. The molecule has 144 valence electrons. The maximum atomic E-state index is 13.1. The first-order valence-electron chi connectivity index (χ1n) is 8.39. The van der Waals surface area contributed by atoms with Crippen molar-refractivity contribution < 1.29 is 27.5 Å². The molecule has 0 aromatic heterocycles. The Morgan fingerprint density at radius 2 is 2.04 bits per heavy atom. The van der Waals surface area contributed by atoms with Gasteiger partial charge in [0.05, 0.1) is 12.7 Å². The molecule has 9 heteroatoms. The van der Waals surface area contributed by atoms with Crippen LogP contribution in [0.15, 0.2) is 23.1 Å². The van der Waals surface area contributed by atoms with Gasteiger partial charge in [0.15, 0.2) is 6.61 Å². The molecule has 1 amide bonds. The van der Waals surface area contributed by atoms with E-state index in [0.717, 1.165) is 19.3 Å². The van der Waals surface area contributed by atoms with Gasteiger partial charge < -0.3 is 14.8 Å². The highest BCUT2D eigenvalue weighted by atomic mass is 32.2. The molecule has 1 aromatic carbocycles. The zero-order valence-electron chi connectivity index (χ0n) is 15.1. The molecule has 1 heterocycles. The number of methoxy groups -OCH3 is 1. The van der Waals surface area contributed by atoms with Crippen LogP contribution in [0.4, 0.5) is 0 Å². The predicted molar refractivity (Wildman–Crippen MR) is 94.5 cm³/mol. The van der Waals surface area contributed by atoms with Crippen molar-refractivity contribution >= 4 is 21.9 Å². The van der Waals surface area contributed by atoms with Crippen LogP contribution in [0, 0.1) is 0 Å². The molecule has 1 aliphatic heterocycles. The Kier molecular flexibility index (Phi) is 6.60. The van der Waals surface area contributed by atoms with Gasteiger partial charge in [-0.25, -0.2) is 13.2 Å². The van der Waals surface area contributed by atoms with E-state index in [1.54, 1.807) is 0 Å². The number of carbonyl (C=O) groups excluding carboxylic acids is 2. The normalized spacial score (nSPS) is 18.2. The molecule has 1 aromatic rings. The van der Waals surface area contributed by atoms with Crippen LogP contribution >= 0.6 is 0 Å². The van der Waals surface area contributed by atoms with E-state index in [0.29, 0.717) is 6.54 Å². The lowest BCUT2D eigenvalue weighted by atomic mass is 10.1. The van der Waals surface area contributed by atoms with Crippen molar-refractivity contribution in [3.63, 3.8) is 0 Å². The molecule has 0 radical (unpaired) electrons. The van der Waals surface area contributed by atoms with E-state index in [-0.39, 0.29) is 22.3 Å². The molecular formula is C17H24N2O6S. The maximum Gasteiger partial charge on any atom is 0.338 e. The standard InChI is InChI=1S/C17H24N2O6S/c1-12-6-4-5-9-19(12)26(22,23)15-10-13(7-8-14(15)24-3)17(21)25-11-16(20)18-2/h7-8,10,12H,4-6,9,11H2,1-3H3,(H,18,20). The molecule has 1 N–H and O–H groups in total. The monoisotopic (exact) mass is 384 g/mol. The maximum absolute atomic E-state index is 13.1. The van der Waals surface area contributed by atoms with Gasteiger partial charge in [0, 0.05) is 19.6 Å². The molecule has 1 aliphatic rings. The van der Waals surface area contributed by atoms with Crippen LogP contribution in [0.1, 0.15) is 36.5 Å². The van der Waals surface area contributed by atoms with Gasteiger partial charge in [-0.2, -0.15) is 4.31 Å². The van der Waals surface area contributed by atoms with Gasteiger partial charge in [-0.05, 0) is 38.0 Å². The third-order valence-electron chi connectivity index (χ3n) is 4.34. The minimum Gasteiger partial charge on any atom is -0.495 e. The number of piperidine rings is 1. The fourth-order valence-corrected chi connectivity index (χ4v) is 4.73. The van der Waals surface area contributed by atoms with Crippen LogP contribution in [0.2, 0.25) is 0 Å². The van der Waals surface area contributed by atoms with Gasteiger partial charge in [-0.1, -0.05) is 6.42 Å². The van der Waals surface area contributed by atoms with Crippen LogP contribution in [0.25, 0.3) is 0 Å². The van der Waals surface area contributed by atoms with E-state index < -0.39 is 28.5 Å². The summed E-state index contributed by atoms with van der Waals surface area (Å²) in [4.78, 5) is 23.3. The van der Waals surface area contributed by atoms with Gasteiger partial charge in [0.1, 0.15) is 10.6 Å². The van der Waals surface area contributed by atoms with Crippen molar-refractivity contribution in [2.45, 2.75) is 37.1 Å². The van der Waals surface area contributed by atoms with E-state index in [1.807, 2.05) is 6.92 Å². The number of ether oxygens (including phenoxy) is 2. The molecule has 1 fully saturated rings. The van der Waals surface area contributed by atoms with Gasteiger partial charge in [0.25, 0.3) is 5.91 Å². The summed E-state index contributed by atoms with van der Waals surface area (Å²) in [5.74, 6) is -1.08. The molecular weight excluding hydrogens is 360 g/mol. The Balaban J connectivity index is 2.34. The van der Waals surface area contributed by atoms with Gasteiger partial charge >= 0.3 is 5.97 Å². The third-order valence-corrected chi connectivity index (χ3v) is 6.38. The second-order valence-corrected chi connectivity index (χ2v) is 7.93.